The van der Waals surface area contributed by atoms with Crippen molar-refractivity contribution in [2.75, 3.05) is 11.9 Å². The second-order valence-corrected chi connectivity index (χ2v) is 3.58. The zero-order valence-corrected chi connectivity index (χ0v) is 15.6. The molecule has 4 nitrogen and oxygen atoms in total. The molecule has 0 bridgehead atoms. The SMILES string of the molecule is CB1OCc2cccc(NCC(=O)O)c21.[Rf]. The van der Waals surface area contributed by atoms with E-state index in [1.807, 2.05) is 25.0 Å². The van der Waals surface area contributed by atoms with Gasteiger partial charge in [-0.05, 0) is 17.1 Å². The van der Waals surface area contributed by atoms with E-state index in [1.54, 1.807) is 0 Å². The van der Waals surface area contributed by atoms with Crippen LogP contribution in [0.25, 0.3) is 0 Å². The van der Waals surface area contributed by atoms with Crippen molar-refractivity contribution in [1.82, 2.24) is 0 Å². The van der Waals surface area contributed by atoms with Crippen LogP contribution in [0.3, 0.4) is 0 Å². The monoisotopic (exact) mass is 472 g/mol. The minimum atomic E-state index is -0.862. The predicted octanol–water partition coefficient (Wildman–Crippen LogP) is 0.542. The molecule has 1 aliphatic heterocycles. The number of rotatable bonds is 3. The van der Waals surface area contributed by atoms with E-state index in [9.17, 15) is 4.79 Å². The summed E-state index contributed by atoms with van der Waals surface area (Å²) in [7, 11) is 0. The predicted molar refractivity (Wildman–Crippen MR) is 58.6 cm³/mol. The minimum Gasteiger partial charge on any atom is -0.480 e. The summed E-state index contributed by atoms with van der Waals surface area (Å²) in [6, 6.07) is 5.79. The molecule has 0 aliphatic carbocycles. The first kappa shape index (κ1) is 11.6. The second kappa shape index (κ2) is 4.36. The summed E-state index contributed by atoms with van der Waals surface area (Å²) in [5.41, 5.74) is 3.08. The number of carbonyl (C=O) groups is 1. The molecule has 0 amide bonds. The van der Waals surface area contributed by atoms with Crippen molar-refractivity contribution in [3.05, 3.63) is 23.8 Å². The smallest absolute Gasteiger partial charge is 0.326 e. The maximum atomic E-state index is 10.5. The molecule has 0 atom stereocenters. The number of fused-ring (bicyclic) bond motifs is 1. The van der Waals surface area contributed by atoms with Gasteiger partial charge >= 0.3 is 12.9 Å². The number of anilines is 1. The Labute approximate surface area is 88.4 Å². The fourth-order valence-corrected chi connectivity index (χ4v) is 1.84. The molecule has 0 saturated heterocycles. The molecule has 1 heterocycles. The molecule has 80 valence electrons. The van der Waals surface area contributed by atoms with Gasteiger partial charge < -0.3 is 15.1 Å². The van der Waals surface area contributed by atoms with E-state index in [-0.39, 0.29) is 13.5 Å². The standard InChI is InChI=1S/C10H12BNO3.Rf/c1-11-10-7(6-15-11)3-2-4-8(10)12-5-9(13)14;/h2-4,12H,5-6H2,1H3,(H,13,14);. The molecule has 0 aromatic heterocycles. The van der Waals surface area contributed by atoms with Crippen LogP contribution < -0.4 is 10.8 Å². The van der Waals surface area contributed by atoms with Crippen molar-refractivity contribution >= 4 is 24.0 Å². The molecule has 2 N–H and O–H groups in total. The van der Waals surface area contributed by atoms with Crippen LogP contribution in [0.2, 0.25) is 6.82 Å². The molecular formula is C10H12BNO3Rf. The van der Waals surface area contributed by atoms with E-state index < -0.39 is 5.97 Å². The third-order valence-corrected chi connectivity index (χ3v) is 2.52. The van der Waals surface area contributed by atoms with Gasteiger partial charge in [0.25, 0.3) is 0 Å². The molecule has 6 heteroatoms. The number of aliphatic carboxylic acids is 1. The quantitative estimate of drug-likeness (QED) is 0.632. The van der Waals surface area contributed by atoms with Crippen LogP contribution >= 0.6 is 0 Å². The van der Waals surface area contributed by atoms with Crippen LogP contribution in [0.4, 0.5) is 5.69 Å². The second-order valence-electron chi connectivity index (χ2n) is 3.58. The van der Waals surface area contributed by atoms with Crippen LogP contribution in [-0.2, 0) is 16.1 Å². The maximum Gasteiger partial charge on any atom is 0.326 e. The minimum absolute atomic E-state index is 0. The fourth-order valence-electron chi connectivity index (χ4n) is 1.84. The van der Waals surface area contributed by atoms with Crippen molar-refractivity contribution in [3.63, 3.8) is 0 Å². The van der Waals surface area contributed by atoms with Crippen molar-refractivity contribution in [2.45, 2.75) is 13.4 Å². The maximum absolute atomic E-state index is 10.5. The van der Waals surface area contributed by atoms with Gasteiger partial charge in [-0.1, -0.05) is 19.0 Å². The van der Waals surface area contributed by atoms with E-state index in [0.717, 1.165) is 16.7 Å². The number of nitrogens with one attached hydrogen (secondary N) is 1. The summed E-state index contributed by atoms with van der Waals surface area (Å²) in [6.45, 7) is 2.55. The Morgan fingerprint density at radius 3 is 3.06 bits per heavy atom. The molecule has 0 spiro atoms. The van der Waals surface area contributed by atoms with Gasteiger partial charge in [-0.25, -0.2) is 0 Å². The van der Waals surface area contributed by atoms with Crippen LogP contribution in [-0.4, -0.2) is 24.5 Å². The first-order valence-corrected chi connectivity index (χ1v) is 4.87. The van der Waals surface area contributed by atoms with Crippen molar-refractivity contribution in [3.8, 4) is 0 Å². The van der Waals surface area contributed by atoms with Crippen LogP contribution in [0.15, 0.2) is 18.2 Å². The average Bonchev–Trinajstić information content (AvgIpc) is 2.58. The average molecular weight is 472 g/mol. The van der Waals surface area contributed by atoms with Crippen molar-refractivity contribution in [2.24, 2.45) is 0 Å². The van der Waals surface area contributed by atoms with Gasteiger partial charge in [0, 0.05) is 5.69 Å². The van der Waals surface area contributed by atoms with Gasteiger partial charge in [-0.15, -0.1) is 0 Å². The summed E-state index contributed by atoms with van der Waals surface area (Å²) < 4.78 is 5.48. The van der Waals surface area contributed by atoms with Crippen LogP contribution in [0.5, 0.6) is 0 Å². The van der Waals surface area contributed by atoms with Gasteiger partial charge in [0.15, 0.2) is 0 Å². The molecule has 0 saturated carbocycles. The molecule has 1 aliphatic rings. The third-order valence-electron chi connectivity index (χ3n) is 2.52. The summed E-state index contributed by atoms with van der Waals surface area (Å²) in [4.78, 5) is 10.5. The van der Waals surface area contributed by atoms with Gasteiger partial charge in [-0.3, -0.25) is 4.79 Å². The van der Waals surface area contributed by atoms with Crippen molar-refractivity contribution < 1.29 is 14.6 Å². The molecule has 16 heavy (non-hydrogen) atoms. The number of hydrogen-bond donors (Lipinski definition) is 2. The summed E-state index contributed by atoms with van der Waals surface area (Å²) in [5, 5.41) is 11.5. The van der Waals surface area contributed by atoms with Gasteiger partial charge in [-0.2, -0.15) is 0 Å². The van der Waals surface area contributed by atoms with Crippen molar-refractivity contribution in [1.29, 1.82) is 0 Å². The number of benzene rings is 1. The Morgan fingerprint density at radius 2 is 2.38 bits per heavy atom. The zero-order chi connectivity index (χ0) is 10.8. The van der Waals surface area contributed by atoms with Gasteiger partial charge in [0.05, 0.1) is 6.61 Å². The zero-order valence-electron chi connectivity index (χ0n) is 9.19. The first-order valence-electron chi connectivity index (χ1n) is 4.87. The largest absolute Gasteiger partial charge is 0.480 e. The summed E-state index contributed by atoms with van der Waals surface area (Å²) >= 11 is 0. The number of hydrogen-bond acceptors (Lipinski definition) is 3. The Bertz CT molecular complexity index is 400. The fraction of sp³-hybridized carbons (Fsp3) is 0.300. The van der Waals surface area contributed by atoms with E-state index in [4.69, 9.17) is 9.76 Å². The molecule has 1 aromatic carbocycles. The normalized spacial score (nSPS) is 12.9. The molecule has 0 unspecified atom stereocenters. The van der Waals surface area contributed by atoms with E-state index in [2.05, 4.69) is 5.32 Å². The van der Waals surface area contributed by atoms with E-state index in [1.165, 1.54) is 0 Å². The Morgan fingerprint density at radius 1 is 1.62 bits per heavy atom. The van der Waals surface area contributed by atoms with Gasteiger partial charge in [0.2, 0.25) is 0 Å². The summed E-state index contributed by atoms with van der Waals surface area (Å²) in [5.74, 6) is -0.862. The molecule has 2 rings (SSSR count). The first-order chi connectivity index (χ1) is 7.18. The molecule has 0 radical (unpaired) electrons. The van der Waals surface area contributed by atoms with E-state index in [0.29, 0.717) is 6.61 Å². The Kier molecular flexibility index (Phi) is 3.16. The van der Waals surface area contributed by atoms with Gasteiger partial charge in [0.1, 0.15) is 6.54 Å². The Hall–Kier alpha value is -2.49. The summed E-state index contributed by atoms with van der Waals surface area (Å²) in [6.07, 6.45) is 0. The van der Waals surface area contributed by atoms with Crippen LogP contribution in [0, 0.1) is 0 Å². The third kappa shape index (κ3) is 1.96. The molecular weight excluding hydrogens is 460 g/mol. The van der Waals surface area contributed by atoms with E-state index >= 15 is 0 Å². The Balaban J connectivity index is 0.00000128. The van der Waals surface area contributed by atoms with Crippen LogP contribution in [0.1, 0.15) is 5.56 Å². The number of carboxylic acid groups (broad SMARTS) is 1. The molecule has 1 aromatic rings. The topological polar surface area (TPSA) is 58.6 Å². The molecule has 0 fully saturated rings. The number of carboxylic acids is 1.